The van der Waals surface area contributed by atoms with Crippen LogP contribution in [0, 0.1) is 18.3 Å². The van der Waals surface area contributed by atoms with Gasteiger partial charge in [0.2, 0.25) is 5.91 Å². The molecule has 1 fully saturated rings. The third-order valence-corrected chi connectivity index (χ3v) is 10.6. The first-order valence-electron chi connectivity index (χ1n) is 18.7. The summed E-state index contributed by atoms with van der Waals surface area (Å²) in [6, 6.07) is 26.5. The first-order chi connectivity index (χ1) is 25.8. The molecule has 2 aliphatic heterocycles. The normalized spacial score (nSPS) is 14.5. The molecule has 9 nitrogen and oxygen atoms in total. The fourth-order valence-corrected chi connectivity index (χ4v) is 7.47. The van der Waals surface area contributed by atoms with E-state index in [1.165, 1.54) is 54.4 Å². The lowest BCUT2D eigenvalue weighted by Gasteiger charge is -2.32. The zero-order valence-corrected chi connectivity index (χ0v) is 32.0. The maximum atomic E-state index is 11.3. The van der Waals surface area contributed by atoms with Crippen LogP contribution < -0.4 is 25.0 Å². The number of halogens is 1. The Balaban J connectivity index is 1.14. The Morgan fingerprint density at radius 1 is 0.868 bits per heavy atom. The molecule has 0 atom stereocenters. The largest absolute Gasteiger partial charge is 0.488 e. The summed E-state index contributed by atoms with van der Waals surface area (Å²) in [7, 11) is 2.21. The van der Waals surface area contributed by atoms with Crippen LogP contribution in [0.1, 0.15) is 46.7 Å². The summed E-state index contributed by atoms with van der Waals surface area (Å²) in [6.45, 7) is 13.9. The SMILES string of the molecule is CC(=O)NCCNCc1cc(Cl)c(OCc2cccc(-c3cccc4c3CCN4CCCN3CCN(C)CC3)c2C)cc1OCc1cccc(C#N)c1. The van der Waals surface area contributed by atoms with Gasteiger partial charge in [0.05, 0.1) is 16.7 Å². The van der Waals surface area contributed by atoms with Gasteiger partial charge in [0.25, 0.3) is 0 Å². The maximum absolute atomic E-state index is 11.3. The summed E-state index contributed by atoms with van der Waals surface area (Å²) in [5.41, 5.74) is 9.96. The summed E-state index contributed by atoms with van der Waals surface area (Å²) in [6.07, 6.45) is 2.23. The van der Waals surface area contributed by atoms with Gasteiger partial charge in [0.1, 0.15) is 24.7 Å². The Bertz CT molecular complexity index is 1920. The van der Waals surface area contributed by atoms with E-state index >= 15 is 0 Å². The Morgan fingerprint density at radius 3 is 2.45 bits per heavy atom. The van der Waals surface area contributed by atoms with Crippen LogP contribution in [0.4, 0.5) is 5.69 Å². The van der Waals surface area contributed by atoms with E-state index in [0.717, 1.165) is 55.8 Å². The second-order valence-corrected chi connectivity index (χ2v) is 14.5. The quantitative estimate of drug-likeness (QED) is 0.125. The number of hydrogen-bond donors (Lipinski definition) is 2. The van der Waals surface area contributed by atoms with Crippen molar-refractivity contribution in [1.29, 1.82) is 5.26 Å². The number of nitriles is 1. The molecule has 0 aromatic heterocycles. The van der Waals surface area contributed by atoms with Gasteiger partial charge in [-0.15, -0.1) is 0 Å². The fraction of sp³-hybridized carbons (Fsp3) is 0.395. The summed E-state index contributed by atoms with van der Waals surface area (Å²) in [5.74, 6) is 1.10. The number of nitrogens with one attached hydrogen (secondary N) is 2. The van der Waals surface area contributed by atoms with Crippen molar-refractivity contribution in [2.75, 3.05) is 70.9 Å². The monoisotopic (exact) mass is 734 g/mol. The number of nitrogens with zero attached hydrogens (tertiary/aromatic N) is 4. The zero-order chi connectivity index (χ0) is 37.2. The molecule has 53 heavy (non-hydrogen) atoms. The number of benzene rings is 4. The molecule has 0 radical (unpaired) electrons. The van der Waals surface area contributed by atoms with Crippen LogP contribution in [0.2, 0.25) is 5.02 Å². The molecule has 0 unspecified atom stereocenters. The Labute approximate surface area is 319 Å². The molecule has 6 rings (SSSR count). The molecular weight excluding hydrogens is 684 g/mol. The van der Waals surface area contributed by atoms with E-state index in [4.69, 9.17) is 21.1 Å². The molecule has 0 aliphatic carbocycles. The molecule has 278 valence electrons. The number of piperazine rings is 1. The van der Waals surface area contributed by atoms with Crippen LogP contribution in [0.3, 0.4) is 0 Å². The molecule has 2 aliphatic rings. The van der Waals surface area contributed by atoms with Crippen LogP contribution in [-0.2, 0) is 31.0 Å². The molecule has 0 bridgehead atoms. The minimum Gasteiger partial charge on any atom is -0.488 e. The standard InChI is InChI=1S/C43H51ClN6O3/c1-31-35(10-5-11-37(31)38-12-6-13-41-39(38)14-19-50(41)18-7-17-49-22-20-48(3)21-23-49)30-53-43-26-42(52-29-34-9-4-8-33(24-34)27-45)36(25-40(43)44)28-46-15-16-47-32(2)51/h4-6,8-13,24-26,46H,7,14-23,28-30H2,1-3H3,(H,47,51). The number of carbonyl (C=O) groups is 1. The van der Waals surface area contributed by atoms with Crippen LogP contribution in [0.5, 0.6) is 11.5 Å². The summed E-state index contributed by atoms with van der Waals surface area (Å²) >= 11 is 6.83. The molecular formula is C43H51ClN6O3. The van der Waals surface area contributed by atoms with E-state index in [0.29, 0.717) is 48.3 Å². The highest BCUT2D eigenvalue weighted by atomic mass is 35.5. The second-order valence-electron chi connectivity index (χ2n) is 14.1. The van der Waals surface area contributed by atoms with Crippen molar-refractivity contribution < 1.29 is 14.3 Å². The van der Waals surface area contributed by atoms with Gasteiger partial charge in [0, 0.05) is 83.1 Å². The lowest BCUT2D eigenvalue weighted by Crippen LogP contribution is -2.45. The van der Waals surface area contributed by atoms with E-state index in [9.17, 15) is 10.1 Å². The molecule has 1 amide bonds. The van der Waals surface area contributed by atoms with E-state index in [1.54, 1.807) is 6.07 Å². The molecule has 4 aromatic carbocycles. The molecule has 1 saturated heterocycles. The number of anilines is 1. The van der Waals surface area contributed by atoms with Gasteiger partial charge in [0.15, 0.2) is 0 Å². The molecule has 10 heteroatoms. The molecule has 2 N–H and O–H groups in total. The van der Waals surface area contributed by atoms with Gasteiger partial charge >= 0.3 is 0 Å². The van der Waals surface area contributed by atoms with Gasteiger partial charge in [-0.25, -0.2) is 0 Å². The average molecular weight is 735 g/mol. The van der Waals surface area contributed by atoms with E-state index < -0.39 is 0 Å². The lowest BCUT2D eigenvalue weighted by atomic mass is 9.92. The number of rotatable bonds is 16. The van der Waals surface area contributed by atoms with Gasteiger partial charge in [-0.3, -0.25) is 4.79 Å². The second kappa shape index (κ2) is 18.4. The Kier molecular flexibility index (Phi) is 13.3. The highest BCUT2D eigenvalue weighted by Gasteiger charge is 2.24. The minimum absolute atomic E-state index is 0.0670. The molecule has 4 aromatic rings. The number of fused-ring (bicyclic) bond motifs is 1. The van der Waals surface area contributed by atoms with Gasteiger partial charge in [-0.2, -0.15) is 5.26 Å². The highest BCUT2D eigenvalue weighted by Crippen LogP contribution is 2.39. The average Bonchev–Trinajstić information content (AvgIpc) is 3.58. The summed E-state index contributed by atoms with van der Waals surface area (Å²) in [4.78, 5) is 18.9. The van der Waals surface area contributed by atoms with Crippen LogP contribution in [-0.4, -0.2) is 81.7 Å². The van der Waals surface area contributed by atoms with Gasteiger partial charge < -0.3 is 34.8 Å². The van der Waals surface area contributed by atoms with Crippen LogP contribution in [0.15, 0.2) is 72.8 Å². The predicted molar refractivity (Wildman–Crippen MR) is 213 cm³/mol. The van der Waals surface area contributed by atoms with E-state index in [1.807, 2.05) is 30.3 Å². The molecule has 0 saturated carbocycles. The van der Waals surface area contributed by atoms with E-state index in [2.05, 4.69) is 81.8 Å². The number of likely N-dealkylation sites (N-methyl/N-ethyl adjacent to an activating group) is 1. The number of ether oxygens (including phenoxy) is 2. The Hall–Kier alpha value is -4.59. The number of amides is 1. The number of hydrogen-bond acceptors (Lipinski definition) is 8. The predicted octanol–water partition coefficient (Wildman–Crippen LogP) is 6.57. The zero-order valence-electron chi connectivity index (χ0n) is 31.2. The van der Waals surface area contributed by atoms with Crippen molar-refractivity contribution in [2.24, 2.45) is 0 Å². The van der Waals surface area contributed by atoms with Crippen LogP contribution >= 0.6 is 11.6 Å². The third kappa shape index (κ3) is 10.1. The summed E-state index contributed by atoms with van der Waals surface area (Å²) in [5, 5.41) is 16.0. The first kappa shape index (κ1) is 38.1. The topological polar surface area (TPSA) is 93.1 Å². The van der Waals surface area contributed by atoms with Crippen molar-refractivity contribution in [1.82, 2.24) is 20.4 Å². The van der Waals surface area contributed by atoms with Gasteiger partial charge in [-0.1, -0.05) is 54.1 Å². The third-order valence-electron chi connectivity index (χ3n) is 10.3. The van der Waals surface area contributed by atoms with Crippen LogP contribution in [0.25, 0.3) is 11.1 Å². The fourth-order valence-electron chi connectivity index (χ4n) is 7.23. The molecule has 2 heterocycles. The Morgan fingerprint density at radius 2 is 1.64 bits per heavy atom. The van der Waals surface area contributed by atoms with Crippen molar-refractivity contribution in [3.05, 3.63) is 111 Å². The summed E-state index contributed by atoms with van der Waals surface area (Å²) < 4.78 is 12.7. The lowest BCUT2D eigenvalue weighted by molar-refractivity contribution is -0.118. The van der Waals surface area contributed by atoms with Crippen molar-refractivity contribution >= 4 is 23.2 Å². The smallest absolute Gasteiger partial charge is 0.216 e. The number of carbonyl (C=O) groups excluding carboxylic acids is 1. The van der Waals surface area contributed by atoms with Crippen molar-refractivity contribution in [3.8, 4) is 28.7 Å². The van der Waals surface area contributed by atoms with E-state index in [-0.39, 0.29) is 12.5 Å². The minimum atomic E-state index is -0.0670. The first-order valence-corrected chi connectivity index (χ1v) is 19.1. The van der Waals surface area contributed by atoms with Gasteiger partial charge in [-0.05, 0) is 91.0 Å². The van der Waals surface area contributed by atoms with Crippen molar-refractivity contribution in [2.45, 2.75) is 46.4 Å². The molecule has 0 spiro atoms. The van der Waals surface area contributed by atoms with Crippen molar-refractivity contribution in [3.63, 3.8) is 0 Å². The highest BCUT2D eigenvalue weighted by molar-refractivity contribution is 6.32. The maximum Gasteiger partial charge on any atom is 0.216 e.